The van der Waals surface area contributed by atoms with Crippen molar-refractivity contribution >= 4 is 76.5 Å². The van der Waals surface area contributed by atoms with Gasteiger partial charge in [-0.3, -0.25) is 0 Å². The van der Waals surface area contributed by atoms with Crippen LogP contribution in [0.1, 0.15) is 193 Å². The number of furan rings is 2. The molecular weight excluding hydrogens is 1270 g/mol. The Morgan fingerprint density at radius 2 is 1.01 bits per heavy atom. The van der Waals surface area contributed by atoms with Crippen molar-refractivity contribution < 1.29 is 59.2 Å². The predicted octanol–water partition coefficient (Wildman–Crippen LogP) is 12.1. The Hall–Kier alpha value is -6.65. The fourth-order valence-electron chi connectivity index (χ4n) is 13.6. The summed E-state index contributed by atoms with van der Waals surface area (Å²) in [7, 11) is -8.22. The number of aryl methyl sites for hydroxylation is 6. The van der Waals surface area contributed by atoms with Gasteiger partial charge in [0.1, 0.15) is 11.5 Å². The summed E-state index contributed by atoms with van der Waals surface area (Å²) in [6.07, 6.45) is 15.0. The van der Waals surface area contributed by atoms with Gasteiger partial charge in [0.15, 0.2) is 15.5 Å². The summed E-state index contributed by atoms with van der Waals surface area (Å²) in [5, 5.41) is 28.2. The zero-order chi connectivity index (χ0) is 66.6. The maximum atomic E-state index is 13.1. The summed E-state index contributed by atoms with van der Waals surface area (Å²) in [6, 6.07) is 13.2. The van der Waals surface area contributed by atoms with Gasteiger partial charge in [0, 0.05) is 51.7 Å². The lowest BCUT2D eigenvalue weighted by Gasteiger charge is -2.35. The fourth-order valence-corrected chi connectivity index (χ4v) is 17.8. The van der Waals surface area contributed by atoms with E-state index < -0.39 is 64.9 Å². The molecule has 1 aliphatic heterocycles. The van der Waals surface area contributed by atoms with E-state index in [-0.39, 0.29) is 22.6 Å². The molecule has 6 aromatic rings. The number of hydrogen-bond donors (Lipinski definition) is 9. The SMILES string of the molecule is Cc1oc(S(=O)(=O)NC(=O)Nc2c(C(C)C3CC3)ccc3c2CCC3)cc1C(C)O.Cc1oc(S(=O)(=O)NC(=O)Nc2c(C(C)C3CC3)ccc3c2CCC3)cc1CN(C)C.Cc1sc(S(=N)(=O)NC(=O)Nc2c(C(C)C3CC3)ccc3c2CCC3)nc1C1(O)COC1. The molecule has 13 rings (SSSR count). The number of aromatic nitrogens is 1. The topological polar surface area (TPSA) is 325 Å². The van der Waals surface area contributed by atoms with E-state index in [9.17, 15) is 45.6 Å². The van der Waals surface area contributed by atoms with Gasteiger partial charge in [-0.1, -0.05) is 57.2 Å². The van der Waals surface area contributed by atoms with Crippen LogP contribution in [0.25, 0.3) is 0 Å². The molecular formula is C67H87N9O13S4. The van der Waals surface area contributed by atoms with Crippen LogP contribution in [0.15, 0.2) is 71.9 Å². The number of nitrogens with one attached hydrogen (secondary N) is 7. The molecule has 93 heavy (non-hydrogen) atoms. The van der Waals surface area contributed by atoms with Crippen LogP contribution in [-0.4, -0.2) is 86.5 Å². The van der Waals surface area contributed by atoms with Crippen molar-refractivity contribution in [3.05, 3.63) is 132 Å². The summed E-state index contributed by atoms with van der Waals surface area (Å²) < 4.78 is 94.5. The molecule has 9 N–H and O–H groups in total. The molecule has 0 bridgehead atoms. The second kappa shape index (κ2) is 26.9. The van der Waals surface area contributed by atoms with Gasteiger partial charge in [0.05, 0.1) is 25.0 Å². The quantitative estimate of drug-likeness (QED) is 0.0364. The third-order valence-electron chi connectivity index (χ3n) is 19.4. The minimum atomic E-state index is -4.21. The van der Waals surface area contributed by atoms with Crippen LogP contribution in [-0.2, 0) is 85.4 Å². The standard InChI is InChI=1S/C23H31N3O4S.C22H28N4O4S2.C22H28N2O5S/c1-14(16-8-9-16)19-11-10-17-6-5-7-20(17)22(19)24-23(27)25-31(28,29)21-12-18(13-26(3)4)15(2)30-21;1-12(14-6-7-14)16-9-8-15-4-3-5-17(15)18(16)24-20(27)26-32(23,29)21-25-19(13(2)31-21)22(28)10-30-11-22;1-12(15-7-8-15)17-10-9-16-5-4-6-18(16)21(17)23-22(26)24-30(27,28)20-11-19(13(2)25)14(3)29-20/h10-12,14,16H,5-9,13H2,1-4H3,(H2,24,25,27);8-9,12,14,28H,3-7,10-11H2,1-2H3,(H3,23,24,26,27,29);9-13,15,25H,4-8H2,1-3H3,(H2,23,24,26). The van der Waals surface area contributed by atoms with Crippen LogP contribution in [0.4, 0.5) is 31.4 Å². The summed E-state index contributed by atoms with van der Waals surface area (Å²) in [5.74, 6) is 3.68. The first kappa shape index (κ1) is 67.8. The van der Waals surface area contributed by atoms with E-state index in [1.165, 1.54) is 74.3 Å². The van der Waals surface area contributed by atoms with Crippen molar-refractivity contribution in [3.8, 4) is 0 Å². The molecule has 0 spiro atoms. The fraction of sp³-hybridized carbons (Fsp3) is 0.522. The highest BCUT2D eigenvalue weighted by Crippen LogP contribution is 2.49. The molecule has 22 nitrogen and oxygen atoms in total. The summed E-state index contributed by atoms with van der Waals surface area (Å²) in [5.41, 5.74) is 13.0. The average Bonchev–Trinajstić information content (AvgIpc) is 1.71. The Balaban J connectivity index is 0.000000143. The number of ether oxygens (including phenoxy) is 1. The molecule has 5 unspecified atom stereocenters. The zero-order valence-electron chi connectivity index (χ0n) is 54.3. The lowest BCUT2D eigenvalue weighted by atomic mass is 9.91. The number of amides is 6. The lowest BCUT2D eigenvalue weighted by Crippen LogP contribution is -2.47. The Kier molecular flexibility index (Phi) is 19.6. The molecule has 26 heteroatoms. The summed E-state index contributed by atoms with van der Waals surface area (Å²) in [6.45, 7) is 13.9. The second-order valence-corrected chi connectivity index (χ2v) is 33.1. The highest BCUT2D eigenvalue weighted by atomic mass is 32.2. The highest BCUT2D eigenvalue weighted by molar-refractivity contribution is 7.93. The molecule has 4 fully saturated rings. The summed E-state index contributed by atoms with van der Waals surface area (Å²) in [4.78, 5) is 45.2. The van der Waals surface area contributed by atoms with Crippen LogP contribution >= 0.6 is 11.3 Å². The van der Waals surface area contributed by atoms with Gasteiger partial charge in [-0.2, -0.15) is 16.8 Å². The van der Waals surface area contributed by atoms with Crippen LogP contribution in [0, 0.1) is 43.3 Å². The smallest absolute Gasteiger partial charge is 0.333 e. The molecule has 3 aromatic carbocycles. The number of nitrogens with zero attached hydrogens (tertiary/aromatic N) is 2. The van der Waals surface area contributed by atoms with Crippen molar-refractivity contribution in [1.82, 2.24) is 24.1 Å². The number of thiazole rings is 1. The molecule has 1 saturated heterocycles. The van der Waals surface area contributed by atoms with Crippen molar-refractivity contribution in [1.29, 1.82) is 4.78 Å². The monoisotopic (exact) mass is 1350 g/mol. The van der Waals surface area contributed by atoms with Gasteiger partial charge >= 0.3 is 18.1 Å². The second-order valence-electron chi connectivity index (χ2n) is 26.7. The van der Waals surface area contributed by atoms with Crippen LogP contribution in [0.5, 0.6) is 0 Å². The maximum absolute atomic E-state index is 13.1. The third kappa shape index (κ3) is 15.1. The largest absolute Gasteiger partial charge is 0.448 e. The Bertz CT molecular complexity index is 4220. The first-order valence-corrected chi connectivity index (χ1v) is 37.6. The van der Waals surface area contributed by atoms with Crippen LogP contribution in [0.3, 0.4) is 0 Å². The van der Waals surface area contributed by atoms with Gasteiger partial charge in [-0.05, 0) is 224 Å². The van der Waals surface area contributed by atoms with Crippen molar-refractivity contribution in [3.63, 3.8) is 0 Å². The van der Waals surface area contributed by atoms with E-state index >= 15 is 0 Å². The van der Waals surface area contributed by atoms with Crippen molar-refractivity contribution in [2.24, 2.45) is 17.8 Å². The minimum absolute atomic E-state index is 0.0228. The van der Waals surface area contributed by atoms with E-state index in [1.54, 1.807) is 20.8 Å². The number of carbonyl (C=O) groups is 3. The number of anilines is 3. The van der Waals surface area contributed by atoms with Gasteiger partial charge in [-0.25, -0.2) is 42.5 Å². The minimum Gasteiger partial charge on any atom is -0.448 e. The van der Waals surface area contributed by atoms with Gasteiger partial charge in [0.2, 0.25) is 14.5 Å². The molecule has 3 aromatic heterocycles. The predicted molar refractivity (Wildman–Crippen MR) is 355 cm³/mol. The highest BCUT2D eigenvalue weighted by Gasteiger charge is 2.43. The van der Waals surface area contributed by atoms with E-state index in [2.05, 4.69) is 87.5 Å². The molecule has 6 aliphatic carbocycles. The normalized spacial score (nSPS) is 19.0. The molecule has 7 aliphatic rings. The number of aliphatic hydroxyl groups is 2. The van der Waals surface area contributed by atoms with Crippen LogP contribution in [0.2, 0.25) is 0 Å². The molecule has 6 amide bonds. The zero-order valence-corrected chi connectivity index (χ0v) is 57.6. The van der Waals surface area contributed by atoms with E-state index in [4.69, 9.17) is 18.4 Å². The van der Waals surface area contributed by atoms with E-state index in [0.29, 0.717) is 69.7 Å². The summed E-state index contributed by atoms with van der Waals surface area (Å²) >= 11 is 1.05. The molecule has 4 heterocycles. The Morgan fingerprint density at radius 3 is 1.38 bits per heavy atom. The number of urea groups is 3. The number of hydrogen-bond acceptors (Lipinski definition) is 17. The number of sulfonamides is 2. The first-order valence-electron chi connectivity index (χ1n) is 32.3. The van der Waals surface area contributed by atoms with Crippen molar-refractivity contribution in [2.45, 2.75) is 195 Å². The number of rotatable bonds is 19. The van der Waals surface area contributed by atoms with Gasteiger partial charge in [0.25, 0.3) is 20.0 Å². The van der Waals surface area contributed by atoms with Crippen LogP contribution < -0.4 is 30.1 Å². The van der Waals surface area contributed by atoms with Gasteiger partial charge < -0.3 is 44.6 Å². The van der Waals surface area contributed by atoms with Crippen molar-refractivity contribution in [2.75, 3.05) is 43.3 Å². The lowest BCUT2D eigenvalue weighted by molar-refractivity contribution is -0.187. The Labute approximate surface area is 549 Å². The van der Waals surface area contributed by atoms with E-state index in [0.717, 1.165) is 125 Å². The number of benzene rings is 3. The maximum Gasteiger partial charge on any atom is 0.333 e. The molecule has 5 atom stereocenters. The first-order chi connectivity index (χ1) is 44.0. The number of carbonyl (C=O) groups excluding carboxylic acids is 3. The third-order valence-corrected chi connectivity index (χ3v) is 24.5. The molecule has 0 radical (unpaired) electrons. The average molecular weight is 1350 g/mol. The molecule has 502 valence electrons. The number of fused-ring (bicyclic) bond motifs is 3. The van der Waals surface area contributed by atoms with E-state index in [1.807, 2.05) is 23.7 Å². The molecule has 3 saturated carbocycles. The van der Waals surface area contributed by atoms with Gasteiger partial charge in [-0.15, -0.1) is 11.3 Å². The number of aliphatic hydroxyl groups excluding tert-OH is 1. The Morgan fingerprint density at radius 1 is 0.613 bits per heavy atom.